The van der Waals surface area contributed by atoms with Crippen molar-refractivity contribution in [1.82, 2.24) is 29.5 Å². The molecule has 2 atom stereocenters. The predicted octanol–water partition coefficient (Wildman–Crippen LogP) is 2.97. The van der Waals surface area contributed by atoms with Gasteiger partial charge in [0.2, 0.25) is 11.9 Å². The SMILES string of the molecule is CC(\C=C/C(=C\N)/C=C/c1cnc(NC[C@H](COCF)Nc2ncccn2)nc1)n1ccnc1. The number of aromatic nitrogens is 6. The summed E-state index contributed by atoms with van der Waals surface area (Å²) in [7, 11) is 0. The van der Waals surface area contributed by atoms with E-state index in [4.69, 9.17) is 10.5 Å². The maximum atomic E-state index is 12.5. The van der Waals surface area contributed by atoms with Gasteiger partial charge in [-0.25, -0.2) is 29.3 Å². The van der Waals surface area contributed by atoms with E-state index in [2.05, 4.69) is 42.5 Å². The highest BCUT2D eigenvalue weighted by molar-refractivity contribution is 5.53. The molecular formula is C23H28FN9O. The van der Waals surface area contributed by atoms with Crippen LogP contribution in [-0.4, -0.2) is 55.5 Å². The third-order valence-electron chi connectivity index (χ3n) is 4.70. The summed E-state index contributed by atoms with van der Waals surface area (Å²) in [6.07, 6.45) is 21.3. The van der Waals surface area contributed by atoms with Crippen molar-refractivity contribution in [2.75, 3.05) is 30.6 Å². The molecule has 0 spiro atoms. The summed E-state index contributed by atoms with van der Waals surface area (Å²) in [4.78, 5) is 20.9. The minimum absolute atomic E-state index is 0.129. The predicted molar refractivity (Wildman–Crippen MR) is 129 cm³/mol. The van der Waals surface area contributed by atoms with Crippen LogP contribution in [0.1, 0.15) is 18.5 Å². The van der Waals surface area contributed by atoms with Gasteiger partial charge >= 0.3 is 0 Å². The van der Waals surface area contributed by atoms with Gasteiger partial charge in [-0.3, -0.25) is 0 Å². The number of alkyl halides is 1. The number of imidazole rings is 1. The Morgan fingerprint density at radius 2 is 1.94 bits per heavy atom. The van der Waals surface area contributed by atoms with Crippen molar-refractivity contribution in [2.45, 2.75) is 19.0 Å². The second-order valence-corrected chi connectivity index (χ2v) is 7.22. The first-order valence-electron chi connectivity index (χ1n) is 10.7. The molecule has 0 bridgehead atoms. The first kappa shape index (κ1) is 24.5. The molecule has 0 aliphatic carbocycles. The van der Waals surface area contributed by atoms with Crippen LogP contribution >= 0.6 is 0 Å². The van der Waals surface area contributed by atoms with Crippen LogP contribution in [0.4, 0.5) is 16.3 Å². The van der Waals surface area contributed by atoms with Gasteiger partial charge in [-0.15, -0.1) is 0 Å². The Hall–Kier alpha value is -4.12. The van der Waals surface area contributed by atoms with Crippen molar-refractivity contribution in [3.63, 3.8) is 0 Å². The van der Waals surface area contributed by atoms with Crippen LogP contribution in [0.3, 0.4) is 0 Å². The second kappa shape index (κ2) is 13.4. The number of nitrogens with zero attached hydrogens (tertiary/aromatic N) is 6. The number of anilines is 2. The highest BCUT2D eigenvalue weighted by Gasteiger charge is 2.11. The molecule has 0 saturated heterocycles. The quantitative estimate of drug-likeness (QED) is 0.326. The Morgan fingerprint density at radius 1 is 1.15 bits per heavy atom. The van der Waals surface area contributed by atoms with Gasteiger partial charge in [0.25, 0.3) is 0 Å². The molecule has 178 valence electrons. The lowest BCUT2D eigenvalue weighted by Crippen LogP contribution is -2.34. The number of rotatable bonds is 13. The summed E-state index contributed by atoms with van der Waals surface area (Å²) in [5.41, 5.74) is 7.41. The van der Waals surface area contributed by atoms with E-state index < -0.39 is 6.86 Å². The molecule has 1 unspecified atom stereocenters. The lowest BCUT2D eigenvalue weighted by atomic mass is 10.2. The van der Waals surface area contributed by atoms with Crippen LogP contribution in [0.25, 0.3) is 6.08 Å². The van der Waals surface area contributed by atoms with Crippen molar-refractivity contribution in [3.05, 3.63) is 85.1 Å². The molecule has 3 rings (SSSR count). The normalized spacial score (nSPS) is 13.9. The van der Waals surface area contributed by atoms with Crippen molar-refractivity contribution in [1.29, 1.82) is 0 Å². The molecule has 0 aromatic carbocycles. The molecule has 3 aromatic rings. The maximum Gasteiger partial charge on any atom is 0.222 e. The van der Waals surface area contributed by atoms with E-state index in [1.54, 1.807) is 43.4 Å². The Balaban J connectivity index is 1.53. The Bertz CT molecular complexity index is 1050. The van der Waals surface area contributed by atoms with Gasteiger partial charge in [0.15, 0.2) is 6.86 Å². The molecule has 11 heteroatoms. The van der Waals surface area contributed by atoms with Gasteiger partial charge in [-0.1, -0.05) is 24.3 Å². The van der Waals surface area contributed by atoms with E-state index in [0.29, 0.717) is 18.4 Å². The Morgan fingerprint density at radius 3 is 2.62 bits per heavy atom. The molecule has 3 heterocycles. The zero-order valence-corrected chi connectivity index (χ0v) is 18.8. The molecule has 0 amide bonds. The topological polar surface area (TPSA) is 129 Å². The fourth-order valence-corrected chi connectivity index (χ4v) is 2.84. The fourth-order valence-electron chi connectivity index (χ4n) is 2.84. The zero-order chi connectivity index (χ0) is 24.0. The van der Waals surface area contributed by atoms with Gasteiger partial charge in [0, 0.05) is 55.5 Å². The standard InChI is InChI=1S/C23H28FN9O/c1-18(33-10-9-26-17-33)3-4-19(11-25)5-6-20-12-29-22(30-13-20)31-14-21(15-34-16-24)32-23-27-7-2-8-28-23/h2-13,17-18,21H,14-16,25H2,1H3,(H,27,28,32)(H,29,30,31)/b4-3-,6-5+,19-11+/t18?,21-/m1/s1. The van der Waals surface area contributed by atoms with E-state index in [1.807, 2.05) is 35.1 Å². The first-order chi connectivity index (χ1) is 16.7. The molecule has 0 aliphatic heterocycles. The largest absolute Gasteiger partial charge is 0.404 e. The number of hydrogen-bond donors (Lipinski definition) is 3. The van der Waals surface area contributed by atoms with E-state index >= 15 is 0 Å². The third-order valence-corrected chi connectivity index (χ3v) is 4.70. The highest BCUT2D eigenvalue weighted by Crippen LogP contribution is 2.11. The molecule has 3 aromatic heterocycles. The summed E-state index contributed by atoms with van der Waals surface area (Å²) in [6.45, 7) is 1.70. The van der Waals surface area contributed by atoms with Gasteiger partial charge in [0.05, 0.1) is 25.0 Å². The fraction of sp³-hybridized carbons (Fsp3) is 0.261. The number of halogens is 1. The maximum absolute atomic E-state index is 12.5. The monoisotopic (exact) mass is 465 g/mol. The van der Waals surface area contributed by atoms with Crippen molar-refractivity contribution in [3.8, 4) is 0 Å². The number of nitrogens with two attached hydrogens (primary N) is 1. The van der Waals surface area contributed by atoms with Crippen LogP contribution in [0.5, 0.6) is 0 Å². The number of nitrogens with one attached hydrogen (secondary N) is 2. The third kappa shape index (κ3) is 8.10. The van der Waals surface area contributed by atoms with Gasteiger partial charge < -0.3 is 25.7 Å². The molecule has 0 aliphatic rings. The molecular weight excluding hydrogens is 437 g/mol. The molecule has 0 radical (unpaired) electrons. The van der Waals surface area contributed by atoms with Crippen LogP contribution in [-0.2, 0) is 4.74 Å². The summed E-state index contributed by atoms with van der Waals surface area (Å²) in [5.74, 6) is 0.859. The van der Waals surface area contributed by atoms with Crippen molar-refractivity contribution >= 4 is 18.0 Å². The average Bonchev–Trinajstić information content (AvgIpc) is 3.42. The van der Waals surface area contributed by atoms with Crippen LogP contribution < -0.4 is 16.4 Å². The smallest absolute Gasteiger partial charge is 0.222 e. The minimum atomic E-state index is -0.873. The average molecular weight is 466 g/mol. The van der Waals surface area contributed by atoms with Gasteiger partial charge in [-0.2, -0.15) is 0 Å². The van der Waals surface area contributed by atoms with Crippen LogP contribution in [0.2, 0.25) is 0 Å². The van der Waals surface area contributed by atoms with E-state index in [9.17, 15) is 4.39 Å². The number of ether oxygens (including phenoxy) is 1. The molecule has 0 saturated carbocycles. The molecule has 0 fully saturated rings. The highest BCUT2D eigenvalue weighted by atomic mass is 19.1. The molecule has 10 nitrogen and oxygen atoms in total. The first-order valence-corrected chi connectivity index (χ1v) is 10.7. The van der Waals surface area contributed by atoms with Crippen LogP contribution in [0, 0.1) is 0 Å². The molecule has 34 heavy (non-hydrogen) atoms. The van der Waals surface area contributed by atoms with Crippen LogP contribution in [0.15, 0.2) is 79.6 Å². The second-order valence-electron chi connectivity index (χ2n) is 7.22. The summed E-state index contributed by atoms with van der Waals surface area (Å²) >= 11 is 0. The summed E-state index contributed by atoms with van der Waals surface area (Å²) in [5, 5.41) is 6.20. The lowest BCUT2D eigenvalue weighted by molar-refractivity contribution is 0.0534. The summed E-state index contributed by atoms with van der Waals surface area (Å²) < 4.78 is 19.3. The molecule has 4 N–H and O–H groups in total. The van der Waals surface area contributed by atoms with E-state index in [0.717, 1.165) is 11.1 Å². The van der Waals surface area contributed by atoms with Crippen molar-refractivity contribution < 1.29 is 9.13 Å². The van der Waals surface area contributed by atoms with Gasteiger partial charge in [0.1, 0.15) is 0 Å². The Labute approximate surface area is 197 Å². The minimum Gasteiger partial charge on any atom is -0.404 e. The summed E-state index contributed by atoms with van der Waals surface area (Å²) in [6, 6.07) is 1.59. The number of allylic oxidation sites excluding steroid dienone is 4. The van der Waals surface area contributed by atoms with E-state index in [-0.39, 0.29) is 18.7 Å². The Kier molecular flexibility index (Phi) is 9.69. The number of hydrogen-bond acceptors (Lipinski definition) is 9. The lowest BCUT2D eigenvalue weighted by Gasteiger charge is -2.18. The van der Waals surface area contributed by atoms with E-state index in [1.165, 1.54) is 6.20 Å². The zero-order valence-electron chi connectivity index (χ0n) is 18.8. The van der Waals surface area contributed by atoms with Crippen molar-refractivity contribution in [2.24, 2.45) is 5.73 Å². The van der Waals surface area contributed by atoms with Gasteiger partial charge in [-0.05, 0) is 18.6 Å².